The fraction of sp³-hybridized carbons (Fsp3) is 0.538. The van der Waals surface area contributed by atoms with Crippen LogP contribution in [0.5, 0.6) is 0 Å². The van der Waals surface area contributed by atoms with E-state index in [1.165, 1.54) is 6.92 Å². The zero-order valence-electron chi connectivity index (χ0n) is 10.5. The van der Waals surface area contributed by atoms with E-state index in [1.807, 2.05) is 6.08 Å². The predicted octanol–water partition coefficient (Wildman–Crippen LogP) is 2.03. The van der Waals surface area contributed by atoms with Crippen molar-refractivity contribution in [3.8, 4) is 0 Å². The van der Waals surface area contributed by atoms with E-state index in [1.54, 1.807) is 0 Å². The number of aliphatic carboxylic acids is 1. The highest BCUT2D eigenvalue weighted by Crippen LogP contribution is 2.18. The molecule has 0 radical (unpaired) electrons. The molecule has 0 amide bonds. The SMILES string of the molecule is C=C(CCC1CO1)C(=O)O.CC(=O)OC1=CCC1. The van der Waals surface area contributed by atoms with Crippen LogP contribution in [-0.2, 0) is 19.1 Å². The summed E-state index contributed by atoms with van der Waals surface area (Å²) in [5.74, 6) is -0.283. The van der Waals surface area contributed by atoms with Gasteiger partial charge in [-0.05, 0) is 25.3 Å². The van der Waals surface area contributed by atoms with Gasteiger partial charge in [-0.1, -0.05) is 6.58 Å². The van der Waals surface area contributed by atoms with Crippen LogP contribution in [0.25, 0.3) is 0 Å². The lowest BCUT2D eigenvalue weighted by atomic mass is 10.1. The van der Waals surface area contributed by atoms with Crippen molar-refractivity contribution in [2.24, 2.45) is 0 Å². The van der Waals surface area contributed by atoms with Crippen LogP contribution >= 0.6 is 0 Å². The standard InChI is InChI=1S/C7H10O3.C6H8O2/c1-5(7(8)9)2-3-6-4-10-6;1-5(7)8-6-3-2-4-6/h6H,1-4H2,(H,8,9);3H,2,4H2,1H3. The monoisotopic (exact) mass is 254 g/mol. The van der Waals surface area contributed by atoms with Gasteiger partial charge in [0.2, 0.25) is 0 Å². The van der Waals surface area contributed by atoms with Gasteiger partial charge in [0.1, 0.15) is 5.76 Å². The van der Waals surface area contributed by atoms with Crippen LogP contribution in [0.4, 0.5) is 0 Å². The number of esters is 1. The molecule has 0 bridgehead atoms. The lowest BCUT2D eigenvalue weighted by Gasteiger charge is -2.11. The first-order chi connectivity index (χ1) is 8.49. The van der Waals surface area contributed by atoms with Crippen molar-refractivity contribution in [2.45, 2.75) is 38.7 Å². The van der Waals surface area contributed by atoms with Gasteiger partial charge in [0.25, 0.3) is 0 Å². The minimum Gasteiger partial charge on any atom is -0.478 e. The van der Waals surface area contributed by atoms with E-state index in [2.05, 4.69) is 6.58 Å². The average molecular weight is 254 g/mol. The smallest absolute Gasteiger partial charge is 0.330 e. The summed E-state index contributed by atoms with van der Waals surface area (Å²) in [6.07, 6.45) is 5.55. The Hall–Kier alpha value is -1.62. The molecule has 5 nitrogen and oxygen atoms in total. The summed E-state index contributed by atoms with van der Waals surface area (Å²) in [5.41, 5.74) is 0.274. The van der Waals surface area contributed by atoms with Crippen molar-refractivity contribution in [3.63, 3.8) is 0 Å². The summed E-state index contributed by atoms with van der Waals surface area (Å²) in [6.45, 7) is 5.60. The van der Waals surface area contributed by atoms with Crippen LogP contribution in [0.2, 0.25) is 0 Å². The predicted molar refractivity (Wildman–Crippen MR) is 64.8 cm³/mol. The molecule has 1 atom stereocenters. The van der Waals surface area contributed by atoms with Crippen molar-refractivity contribution in [2.75, 3.05) is 6.61 Å². The number of carbonyl (C=O) groups excluding carboxylic acids is 1. The summed E-state index contributed by atoms with van der Waals surface area (Å²) < 4.78 is 9.61. The molecule has 1 unspecified atom stereocenters. The number of rotatable bonds is 5. The number of hydrogen-bond acceptors (Lipinski definition) is 4. The lowest BCUT2D eigenvalue weighted by Crippen LogP contribution is -2.03. The van der Waals surface area contributed by atoms with Crippen molar-refractivity contribution in [3.05, 3.63) is 24.0 Å². The molecule has 1 heterocycles. The summed E-state index contributed by atoms with van der Waals surface area (Å²) in [6, 6.07) is 0. The van der Waals surface area contributed by atoms with E-state index in [0.29, 0.717) is 12.5 Å². The Balaban J connectivity index is 0.000000184. The zero-order chi connectivity index (χ0) is 13.5. The molecule has 0 aromatic heterocycles. The Bertz CT molecular complexity index is 366. The number of ether oxygens (including phenoxy) is 2. The van der Waals surface area contributed by atoms with Crippen LogP contribution in [0.15, 0.2) is 24.0 Å². The molecule has 0 aromatic rings. The Morgan fingerprint density at radius 3 is 2.50 bits per heavy atom. The number of epoxide rings is 1. The zero-order valence-corrected chi connectivity index (χ0v) is 10.5. The Kier molecular flexibility index (Phi) is 5.58. The fourth-order valence-corrected chi connectivity index (χ4v) is 1.22. The van der Waals surface area contributed by atoms with Gasteiger partial charge < -0.3 is 14.6 Å². The maximum atomic E-state index is 10.2. The minimum atomic E-state index is -0.902. The number of allylic oxidation sites excluding steroid dienone is 2. The van der Waals surface area contributed by atoms with Crippen molar-refractivity contribution in [1.29, 1.82) is 0 Å². The molecule has 2 rings (SSSR count). The minimum absolute atomic E-state index is 0.212. The molecule has 1 aliphatic heterocycles. The summed E-state index contributed by atoms with van der Waals surface area (Å²) in [5, 5.41) is 8.37. The van der Waals surface area contributed by atoms with E-state index in [0.717, 1.165) is 31.6 Å². The Morgan fingerprint density at radius 2 is 2.22 bits per heavy atom. The first-order valence-electron chi connectivity index (χ1n) is 5.89. The molecular formula is C13H18O5. The molecule has 1 fully saturated rings. The van der Waals surface area contributed by atoms with Gasteiger partial charge in [0.05, 0.1) is 12.7 Å². The van der Waals surface area contributed by atoms with Crippen LogP contribution < -0.4 is 0 Å². The second kappa shape index (κ2) is 6.96. The van der Waals surface area contributed by atoms with Gasteiger partial charge in [-0.15, -0.1) is 0 Å². The van der Waals surface area contributed by atoms with Crippen LogP contribution in [-0.4, -0.2) is 29.8 Å². The quantitative estimate of drug-likeness (QED) is 0.461. The number of carboxylic acid groups (broad SMARTS) is 1. The lowest BCUT2D eigenvalue weighted by molar-refractivity contribution is -0.137. The van der Waals surface area contributed by atoms with Gasteiger partial charge in [0.15, 0.2) is 0 Å². The molecule has 5 heteroatoms. The van der Waals surface area contributed by atoms with Gasteiger partial charge >= 0.3 is 11.9 Å². The average Bonchev–Trinajstić information content (AvgIpc) is 3.04. The Morgan fingerprint density at radius 1 is 1.61 bits per heavy atom. The van der Waals surface area contributed by atoms with Gasteiger partial charge in [-0.25, -0.2) is 4.79 Å². The van der Waals surface area contributed by atoms with E-state index < -0.39 is 5.97 Å². The summed E-state index contributed by atoms with van der Waals surface area (Å²) in [4.78, 5) is 20.4. The highest BCUT2D eigenvalue weighted by Gasteiger charge is 2.22. The van der Waals surface area contributed by atoms with E-state index in [4.69, 9.17) is 14.6 Å². The summed E-state index contributed by atoms with van der Waals surface area (Å²) in [7, 11) is 0. The number of hydrogen-bond donors (Lipinski definition) is 1. The third-order valence-corrected chi connectivity index (χ3v) is 2.51. The van der Waals surface area contributed by atoms with Gasteiger partial charge in [-0.2, -0.15) is 0 Å². The van der Waals surface area contributed by atoms with Gasteiger partial charge in [-0.3, -0.25) is 4.79 Å². The van der Waals surface area contributed by atoms with Crippen LogP contribution in [0.3, 0.4) is 0 Å². The third-order valence-electron chi connectivity index (χ3n) is 2.51. The molecule has 0 aromatic carbocycles. The number of carboxylic acids is 1. The maximum Gasteiger partial charge on any atom is 0.330 e. The fourth-order valence-electron chi connectivity index (χ4n) is 1.22. The Labute approximate surface area is 106 Å². The van der Waals surface area contributed by atoms with Gasteiger partial charge in [0, 0.05) is 18.9 Å². The van der Waals surface area contributed by atoms with E-state index >= 15 is 0 Å². The van der Waals surface area contributed by atoms with Crippen LogP contribution in [0.1, 0.15) is 32.6 Å². The highest BCUT2D eigenvalue weighted by atomic mass is 16.6. The third kappa shape index (κ3) is 6.20. The molecule has 100 valence electrons. The van der Waals surface area contributed by atoms with Crippen molar-refractivity contribution >= 4 is 11.9 Å². The molecule has 2 aliphatic rings. The molecule has 18 heavy (non-hydrogen) atoms. The second-order valence-electron chi connectivity index (χ2n) is 4.21. The molecule has 1 N–H and O–H groups in total. The molecule has 1 saturated heterocycles. The van der Waals surface area contributed by atoms with Crippen LogP contribution in [0, 0.1) is 0 Å². The number of carbonyl (C=O) groups is 2. The largest absolute Gasteiger partial charge is 0.478 e. The normalized spacial score (nSPS) is 19.6. The first kappa shape index (κ1) is 14.4. The molecule has 0 saturated carbocycles. The van der Waals surface area contributed by atoms with Crippen molar-refractivity contribution in [1.82, 2.24) is 0 Å². The topological polar surface area (TPSA) is 76.1 Å². The van der Waals surface area contributed by atoms with E-state index in [-0.39, 0.29) is 11.5 Å². The summed E-state index contributed by atoms with van der Waals surface area (Å²) >= 11 is 0. The maximum absolute atomic E-state index is 10.2. The second-order valence-corrected chi connectivity index (χ2v) is 4.21. The van der Waals surface area contributed by atoms with Crippen molar-refractivity contribution < 1.29 is 24.2 Å². The molecular weight excluding hydrogens is 236 g/mol. The van der Waals surface area contributed by atoms with E-state index in [9.17, 15) is 9.59 Å². The molecule has 0 spiro atoms. The first-order valence-corrected chi connectivity index (χ1v) is 5.89. The molecule has 1 aliphatic carbocycles. The highest BCUT2D eigenvalue weighted by molar-refractivity contribution is 5.85.